The first-order valence-corrected chi connectivity index (χ1v) is 9.48. The van der Waals surface area contributed by atoms with Crippen LogP contribution in [0.25, 0.3) is 0 Å². The van der Waals surface area contributed by atoms with Crippen molar-refractivity contribution in [2.75, 3.05) is 26.8 Å². The molecule has 1 aliphatic rings. The van der Waals surface area contributed by atoms with E-state index in [-0.39, 0.29) is 11.8 Å². The molecule has 0 bridgehead atoms. The lowest BCUT2D eigenvalue weighted by molar-refractivity contribution is 0.118. The Morgan fingerprint density at radius 2 is 2.30 bits per heavy atom. The second-order valence-corrected chi connectivity index (χ2v) is 8.24. The van der Waals surface area contributed by atoms with Crippen molar-refractivity contribution in [1.29, 1.82) is 0 Å². The Labute approximate surface area is 129 Å². The first-order chi connectivity index (χ1) is 9.50. The monoisotopic (exact) mass is 337 g/mol. The third-order valence-corrected chi connectivity index (χ3v) is 7.35. The third kappa shape index (κ3) is 3.20. The van der Waals surface area contributed by atoms with Gasteiger partial charge in [0.05, 0.1) is 12.5 Å². The second kappa shape index (κ2) is 6.75. The quantitative estimate of drug-likeness (QED) is 0.776. The molecule has 0 N–H and O–H groups in total. The maximum atomic E-state index is 12.8. The van der Waals surface area contributed by atoms with Gasteiger partial charge in [0.25, 0.3) is 0 Å². The molecule has 1 unspecified atom stereocenters. The van der Waals surface area contributed by atoms with Gasteiger partial charge in [0, 0.05) is 25.1 Å². The van der Waals surface area contributed by atoms with Crippen LogP contribution in [0.5, 0.6) is 0 Å². The summed E-state index contributed by atoms with van der Waals surface area (Å²) in [7, 11) is -1.78. The molecule has 0 aromatic carbocycles. The number of sulfonamides is 1. The lowest BCUT2D eigenvalue weighted by Crippen LogP contribution is -2.41. The van der Waals surface area contributed by atoms with E-state index in [1.54, 1.807) is 11.4 Å². The fourth-order valence-electron chi connectivity index (χ4n) is 2.67. The lowest BCUT2D eigenvalue weighted by atomic mass is 10.0. The van der Waals surface area contributed by atoms with Crippen molar-refractivity contribution >= 4 is 33.0 Å². The van der Waals surface area contributed by atoms with Gasteiger partial charge in [-0.3, -0.25) is 0 Å². The molecule has 0 amide bonds. The van der Waals surface area contributed by atoms with Crippen molar-refractivity contribution in [3.8, 4) is 0 Å². The molecule has 7 heteroatoms. The summed E-state index contributed by atoms with van der Waals surface area (Å²) in [6.45, 7) is 3.56. The molecule has 1 aliphatic heterocycles. The van der Waals surface area contributed by atoms with Crippen LogP contribution in [-0.4, -0.2) is 39.5 Å². The molecule has 1 aromatic rings. The molecule has 2 rings (SSSR count). The molecule has 0 spiro atoms. The molecule has 0 saturated carbocycles. The summed E-state index contributed by atoms with van der Waals surface area (Å²) in [5.41, 5.74) is 0.791. The predicted molar refractivity (Wildman–Crippen MR) is 82.0 cm³/mol. The van der Waals surface area contributed by atoms with Crippen molar-refractivity contribution in [3.63, 3.8) is 0 Å². The van der Waals surface area contributed by atoms with Gasteiger partial charge in [-0.15, -0.1) is 22.9 Å². The molecule has 1 atom stereocenters. The van der Waals surface area contributed by atoms with Crippen LogP contribution in [0.1, 0.15) is 23.3 Å². The summed E-state index contributed by atoms with van der Waals surface area (Å²) in [5.74, 6) is 0.518. The SMILES string of the molecule is COCC1CCCN(S(=O)(=O)c2c(C)csc2CCl)C1. The van der Waals surface area contributed by atoms with Crippen LogP contribution in [0.4, 0.5) is 0 Å². The zero-order valence-corrected chi connectivity index (χ0v) is 14.2. The maximum absolute atomic E-state index is 12.8. The van der Waals surface area contributed by atoms with Crippen molar-refractivity contribution < 1.29 is 13.2 Å². The Morgan fingerprint density at radius 1 is 1.55 bits per heavy atom. The molecular formula is C13H20ClNO3S2. The van der Waals surface area contributed by atoms with Crippen LogP contribution in [0.15, 0.2) is 10.3 Å². The minimum absolute atomic E-state index is 0.239. The Bertz CT molecular complexity index is 554. The van der Waals surface area contributed by atoms with Crippen LogP contribution < -0.4 is 0 Å². The van der Waals surface area contributed by atoms with E-state index in [0.717, 1.165) is 23.3 Å². The number of aryl methyl sites for hydroxylation is 1. The van der Waals surface area contributed by atoms with Crippen molar-refractivity contribution in [1.82, 2.24) is 4.31 Å². The van der Waals surface area contributed by atoms with Crippen molar-refractivity contribution in [2.24, 2.45) is 5.92 Å². The lowest BCUT2D eigenvalue weighted by Gasteiger charge is -2.31. The van der Waals surface area contributed by atoms with Gasteiger partial charge < -0.3 is 4.74 Å². The summed E-state index contributed by atoms with van der Waals surface area (Å²) in [6.07, 6.45) is 1.90. The Kier molecular flexibility index (Phi) is 5.48. The first kappa shape index (κ1) is 16.2. The van der Waals surface area contributed by atoms with E-state index in [0.29, 0.717) is 24.6 Å². The van der Waals surface area contributed by atoms with E-state index in [1.807, 2.05) is 12.3 Å². The molecule has 114 valence electrons. The van der Waals surface area contributed by atoms with Crippen LogP contribution in [0.3, 0.4) is 0 Å². The number of nitrogens with zero attached hydrogens (tertiary/aromatic N) is 1. The normalized spacial score (nSPS) is 21.2. The summed E-state index contributed by atoms with van der Waals surface area (Å²) in [6, 6.07) is 0. The van der Waals surface area contributed by atoms with Gasteiger partial charge >= 0.3 is 0 Å². The minimum Gasteiger partial charge on any atom is -0.384 e. The average molecular weight is 338 g/mol. The van der Waals surface area contributed by atoms with Crippen LogP contribution >= 0.6 is 22.9 Å². The van der Waals surface area contributed by atoms with E-state index >= 15 is 0 Å². The Hall–Kier alpha value is -0.140. The number of alkyl halides is 1. The number of rotatable bonds is 5. The molecular weight excluding hydrogens is 318 g/mol. The fraction of sp³-hybridized carbons (Fsp3) is 0.692. The van der Waals surface area contributed by atoms with E-state index < -0.39 is 10.0 Å². The summed E-state index contributed by atoms with van der Waals surface area (Å²) >= 11 is 7.29. The highest BCUT2D eigenvalue weighted by Gasteiger charge is 2.33. The van der Waals surface area contributed by atoms with Gasteiger partial charge in [0.1, 0.15) is 4.90 Å². The predicted octanol–water partition coefficient (Wildman–Crippen LogP) is 2.84. The van der Waals surface area contributed by atoms with Gasteiger partial charge in [-0.05, 0) is 36.6 Å². The number of thiophene rings is 1. The molecule has 1 saturated heterocycles. The number of halogens is 1. The summed E-state index contributed by atoms with van der Waals surface area (Å²) in [5, 5.41) is 1.86. The van der Waals surface area contributed by atoms with Crippen molar-refractivity contribution in [3.05, 3.63) is 15.8 Å². The van der Waals surface area contributed by atoms with Gasteiger partial charge in [0.2, 0.25) is 10.0 Å². The molecule has 20 heavy (non-hydrogen) atoms. The topological polar surface area (TPSA) is 46.6 Å². The Balaban J connectivity index is 2.27. The number of hydrogen-bond acceptors (Lipinski definition) is 4. The number of hydrogen-bond donors (Lipinski definition) is 0. The first-order valence-electron chi connectivity index (χ1n) is 6.62. The van der Waals surface area contributed by atoms with Gasteiger partial charge in [-0.25, -0.2) is 8.42 Å². The zero-order chi connectivity index (χ0) is 14.8. The van der Waals surface area contributed by atoms with E-state index in [4.69, 9.17) is 16.3 Å². The van der Waals surface area contributed by atoms with Crippen LogP contribution in [-0.2, 0) is 20.6 Å². The highest BCUT2D eigenvalue weighted by molar-refractivity contribution is 7.89. The highest BCUT2D eigenvalue weighted by Crippen LogP contribution is 2.32. The molecule has 1 aromatic heterocycles. The van der Waals surface area contributed by atoms with Gasteiger partial charge in [-0.1, -0.05) is 0 Å². The fourth-order valence-corrected chi connectivity index (χ4v) is 6.24. The Morgan fingerprint density at radius 3 is 2.95 bits per heavy atom. The molecule has 2 heterocycles. The third-order valence-electron chi connectivity index (χ3n) is 3.59. The standard InChI is InChI=1S/C13H20ClNO3S2/c1-10-9-19-12(6-14)13(10)20(16,17)15-5-3-4-11(7-15)8-18-2/h9,11H,3-8H2,1-2H3. The van der Waals surface area contributed by atoms with Gasteiger partial charge in [-0.2, -0.15) is 4.31 Å². The summed E-state index contributed by atoms with van der Waals surface area (Å²) in [4.78, 5) is 1.15. The number of ether oxygens (including phenoxy) is 1. The van der Waals surface area contributed by atoms with E-state index in [2.05, 4.69) is 0 Å². The van der Waals surface area contributed by atoms with Crippen molar-refractivity contribution in [2.45, 2.75) is 30.5 Å². The maximum Gasteiger partial charge on any atom is 0.244 e. The van der Waals surface area contributed by atoms with E-state index in [9.17, 15) is 8.42 Å². The minimum atomic E-state index is -3.44. The average Bonchev–Trinajstić information content (AvgIpc) is 2.81. The molecule has 1 fully saturated rings. The number of methoxy groups -OCH3 is 1. The molecule has 0 radical (unpaired) electrons. The number of piperidine rings is 1. The van der Waals surface area contributed by atoms with E-state index in [1.165, 1.54) is 11.3 Å². The van der Waals surface area contributed by atoms with Crippen LogP contribution in [0.2, 0.25) is 0 Å². The summed E-state index contributed by atoms with van der Waals surface area (Å²) < 4.78 is 32.4. The molecule has 0 aliphatic carbocycles. The highest BCUT2D eigenvalue weighted by atomic mass is 35.5. The molecule has 4 nitrogen and oxygen atoms in total. The van der Waals surface area contributed by atoms with Gasteiger partial charge in [0.15, 0.2) is 0 Å². The second-order valence-electron chi connectivity index (χ2n) is 5.13. The smallest absolute Gasteiger partial charge is 0.244 e. The van der Waals surface area contributed by atoms with Crippen LogP contribution in [0, 0.1) is 12.8 Å². The largest absolute Gasteiger partial charge is 0.384 e. The zero-order valence-electron chi connectivity index (χ0n) is 11.8.